The number of benzene rings is 2. The number of para-hydroxylation sites is 1. The number of nitrogens with zero attached hydrogens (tertiary/aromatic N) is 3. The molecule has 2 aromatic carbocycles. The van der Waals surface area contributed by atoms with Crippen LogP contribution < -0.4 is 9.21 Å². The summed E-state index contributed by atoms with van der Waals surface area (Å²) in [6.07, 6.45) is 0.386. The van der Waals surface area contributed by atoms with Crippen molar-refractivity contribution >= 4 is 45.0 Å². The molecule has 7 nitrogen and oxygen atoms in total. The molecular formula is C24H27N3O4S2. The van der Waals surface area contributed by atoms with Gasteiger partial charge in [-0.05, 0) is 57.5 Å². The molecule has 0 aromatic heterocycles. The molecule has 3 rings (SSSR count). The minimum absolute atomic E-state index is 0.178. The van der Waals surface area contributed by atoms with Gasteiger partial charge in [-0.25, -0.2) is 12.7 Å². The molecule has 0 bridgehead atoms. The third-order valence-corrected chi connectivity index (χ3v) is 8.62. The zero-order valence-corrected chi connectivity index (χ0v) is 20.7. The van der Waals surface area contributed by atoms with Gasteiger partial charge in [-0.3, -0.25) is 9.59 Å². The fourth-order valence-corrected chi connectivity index (χ4v) is 5.95. The molecule has 2 aromatic rings. The predicted molar refractivity (Wildman–Crippen MR) is 131 cm³/mol. The lowest BCUT2D eigenvalue weighted by Gasteiger charge is -2.28. The second-order valence-corrected chi connectivity index (χ2v) is 12.8. The van der Waals surface area contributed by atoms with Gasteiger partial charge in [0.2, 0.25) is 15.9 Å². The summed E-state index contributed by atoms with van der Waals surface area (Å²) in [6, 6.07) is 15.7. The first kappa shape index (κ1) is 24.8. The van der Waals surface area contributed by atoms with Crippen LogP contribution >= 0.6 is 11.8 Å². The van der Waals surface area contributed by atoms with Crippen LogP contribution in [0.3, 0.4) is 0 Å². The highest BCUT2D eigenvalue weighted by molar-refractivity contribution is 8.00. The zero-order valence-electron chi connectivity index (χ0n) is 19.1. The minimum atomic E-state index is -4.02. The van der Waals surface area contributed by atoms with Crippen molar-refractivity contribution in [2.45, 2.75) is 55.4 Å². The molecule has 1 aliphatic rings. The first-order valence-corrected chi connectivity index (χ1v) is 12.9. The second kappa shape index (κ2) is 9.57. The summed E-state index contributed by atoms with van der Waals surface area (Å²) in [5.74, 6) is -0.957. The summed E-state index contributed by atoms with van der Waals surface area (Å²) in [7, 11) is -4.02. The number of amides is 2. The summed E-state index contributed by atoms with van der Waals surface area (Å²) in [4.78, 5) is 28.9. The molecule has 2 amide bonds. The van der Waals surface area contributed by atoms with Crippen molar-refractivity contribution in [3.8, 4) is 6.07 Å². The Labute approximate surface area is 199 Å². The van der Waals surface area contributed by atoms with Gasteiger partial charge in [-0.1, -0.05) is 24.3 Å². The van der Waals surface area contributed by atoms with Gasteiger partial charge in [-0.2, -0.15) is 5.26 Å². The zero-order chi connectivity index (χ0) is 24.4. The smallest absolute Gasteiger partial charge is 0.260 e. The average molecular weight is 486 g/mol. The van der Waals surface area contributed by atoms with Crippen LogP contribution in [0.4, 0.5) is 11.4 Å². The molecule has 0 N–H and O–H groups in total. The number of hydrogen-bond donors (Lipinski definition) is 0. The number of carbonyl (C=O) groups is 2. The van der Waals surface area contributed by atoms with Crippen LogP contribution in [0.5, 0.6) is 0 Å². The van der Waals surface area contributed by atoms with E-state index in [0.29, 0.717) is 11.3 Å². The van der Waals surface area contributed by atoms with E-state index < -0.39 is 27.7 Å². The van der Waals surface area contributed by atoms with Crippen LogP contribution in [-0.4, -0.2) is 36.8 Å². The quantitative estimate of drug-likeness (QED) is 0.610. The molecule has 33 heavy (non-hydrogen) atoms. The normalized spacial score (nSPS) is 15.5. The lowest BCUT2D eigenvalue weighted by Crippen LogP contribution is -2.48. The Bertz CT molecular complexity index is 1200. The molecule has 0 unspecified atom stereocenters. The Hall–Kier alpha value is -2.83. The SMILES string of the molecule is CC(C)S(=O)(=O)N(C(=O)CN1C(=O)CC(C)(C)Sc2ccccc21)c1ccc(CC#N)cc1. The number of carbonyl (C=O) groups excluding carboxylic acids is 2. The van der Waals surface area contributed by atoms with Crippen LogP contribution in [0, 0.1) is 11.3 Å². The van der Waals surface area contributed by atoms with Gasteiger partial charge < -0.3 is 4.90 Å². The topological polar surface area (TPSA) is 98.6 Å². The Kier molecular flexibility index (Phi) is 7.20. The lowest BCUT2D eigenvalue weighted by molar-refractivity contribution is -0.122. The third kappa shape index (κ3) is 5.40. The van der Waals surface area contributed by atoms with Gasteiger partial charge in [0, 0.05) is 16.1 Å². The number of sulfonamides is 1. The van der Waals surface area contributed by atoms with Gasteiger partial charge >= 0.3 is 0 Å². The maximum Gasteiger partial charge on any atom is 0.260 e. The molecule has 0 spiro atoms. The number of nitriles is 1. The van der Waals surface area contributed by atoms with Crippen LogP contribution in [0.2, 0.25) is 0 Å². The van der Waals surface area contributed by atoms with Gasteiger partial charge in [0.15, 0.2) is 0 Å². The summed E-state index contributed by atoms with van der Waals surface area (Å²) in [5.41, 5.74) is 1.49. The molecule has 0 radical (unpaired) electrons. The van der Waals surface area contributed by atoms with Gasteiger partial charge in [0.05, 0.1) is 29.1 Å². The molecule has 0 atom stereocenters. The van der Waals surface area contributed by atoms with Crippen LogP contribution in [0.25, 0.3) is 0 Å². The van der Waals surface area contributed by atoms with Crippen molar-refractivity contribution in [3.05, 3.63) is 54.1 Å². The maximum absolute atomic E-state index is 13.5. The molecule has 0 saturated carbocycles. The van der Waals surface area contributed by atoms with Gasteiger partial charge in [0.1, 0.15) is 6.54 Å². The monoisotopic (exact) mass is 485 g/mol. The number of anilines is 2. The van der Waals surface area contributed by atoms with E-state index in [2.05, 4.69) is 0 Å². The van der Waals surface area contributed by atoms with Crippen molar-refractivity contribution < 1.29 is 18.0 Å². The third-order valence-electron chi connectivity index (χ3n) is 5.24. The number of fused-ring (bicyclic) bond motifs is 1. The van der Waals surface area contributed by atoms with E-state index >= 15 is 0 Å². The van der Waals surface area contributed by atoms with E-state index in [0.717, 1.165) is 9.20 Å². The molecule has 0 saturated heterocycles. The summed E-state index contributed by atoms with van der Waals surface area (Å²) >= 11 is 1.56. The van der Waals surface area contributed by atoms with Crippen LogP contribution in [0.15, 0.2) is 53.4 Å². The van der Waals surface area contributed by atoms with Crippen molar-refractivity contribution in [2.24, 2.45) is 0 Å². The molecule has 1 aliphatic heterocycles. The van der Waals surface area contributed by atoms with E-state index in [1.165, 1.54) is 30.9 Å². The predicted octanol–water partition coefficient (Wildman–Crippen LogP) is 4.13. The van der Waals surface area contributed by atoms with Crippen LogP contribution in [-0.2, 0) is 26.0 Å². The largest absolute Gasteiger partial charge is 0.302 e. The van der Waals surface area contributed by atoms with Crippen molar-refractivity contribution in [3.63, 3.8) is 0 Å². The highest BCUT2D eigenvalue weighted by atomic mass is 32.2. The highest BCUT2D eigenvalue weighted by Gasteiger charge is 2.37. The Balaban J connectivity index is 2.02. The van der Waals surface area contributed by atoms with Crippen LogP contribution in [0.1, 0.15) is 39.7 Å². The maximum atomic E-state index is 13.5. The summed E-state index contributed by atoms with van der Waals surface area (Å²) in [5, 5.41) is 8.04. The minimum Gasteiger partial charge on any atom is -0.302 e. The summed E-state index contributed by atoms with van der Waals surface area (Å²) in [6.45, 7) is 6.54. The molecule has 9 heteroatoms. The van der Waals surface area contributed by atoms with Gasteiger partial charge in [-0.15, -0.1) is 11.8 Å². The van der Waals surface area contributed by atoms with E-state index in [9.17, 15) is 18.0 Å². The first-order valence-electron chi connectivity index (χ1n) is 10.6. The Morgan fingerprint density at radius 2 is 1.82 bits per heavy atom. The van der Waals surface area contributed by atoms with Crippen molar-refractivity contribution in [2.75, 3.05) is 15.7 Å². The average Bonchev–Trinajstić information content (AvgIpc) is 2.82. The number of thioether (sulfide) groups is 1. The summed E-state index contributed by atoms with van der Waals surface area (Å²) < 4.78 is 26.8. The first-order chi connectivity index (χ1) is 15.5. The highest BCUT2D eigenvalue weighted by Crippen LogP contribution is 2.43. The van der Waals surface area contributed by atoms with Crippen molar-refractivity contribution in [1.29, 1.82) is 5.26 Å². The molecule has 1 heterocycles. The molecule has 0 fully saturated rings. The standard InChI is InChI=1S/C24H27N3O4S2/c1-17(2)33(30,31)27(19-11-9-18(10-12-19)13-14-25)23(29)16-26-20-7-5-6-8-21(20)32-24(3,4)15-22(26)28/h5-12,17H,13,15-16H2,1-4H3. The molecular weight excluding hydrogens is 458 g/mol. The Morgan fingerprint density at radius 1 is 1.18 bits per heavy atom. The Morgan fingerprint density at radius 3 is 2.42 bits per heavy atom. The van der Waals surface area contributed by atoms with E-state index in [4.69, 9.17) is 5.26 Å². The van der Waals surface area contributed by atoms with Crippen molar-refractivity contribution in [1.82, 2.24) is 0 Å². The number of rotatable bonds is 6. The van der Waals surface area contributed by atoms with E-state index in [1.54, 1.807) is 36.0 Å². The second-order valence-electron chi connectivity index (χ2n) is 8.74. The molecule has 0 aliphatic carbocycles. The van der Waals surface area contributed by atoms with E-state index in [1.807, 2.05) is 32.0 Å². The fraction of sp³-hybridized carbons (Fsp3) is 0.375. The fourth-order valence-electron chi connectivity index (χ4n) is 3.55. The number of hydrogen-bond acceptors (Lipinski definition) is 6. The van der Waals surface area contributed by atoms with Gasteiger partial charge in [0.25, 0.3) is 5.91 Å². The lowest BCUT2D eigenvalue weighted by atomic mass is 10.1. The van der Waals surface area contributed by atoms with E-state index in [-0.39, 0.29) is 29.2 Å². The molecule has 174 valence electrons.